The number of benzene rings is 1. The maximum Gasteiger partial charge on any atom is 0.338 e. The van der Waals surface area contributed by atoms with Crippen molar-refractivity contribution in [2.75, 3.05) is 6.61 Å². The average molecular weight is 261 g/mol. The molecule has 0 spiro atoms. The molecular weight excluding hydrogens is 242 g/mol. The Morgan fingerprint density at radius 2 is 1.84 bits per heavy atom. The van der Waals surface area contributed by atoms with E-state index in [4.69, 9.17) is 10.5 Å². The SMILES string of the molecule is Cc1ccc(C(=CC(N)=O)C(=O)OCC(C)C)cc1. The van der Waals surface area contributed by atoms with Crippen molar-refractivity contribution < 1.29 is 14.3 Å². The molecule has 1 aromatic carbocycles. The number of rotatable bonds is 5. The third-order valence-electron chi connectivity index (χ3n) is 2.42. The number of primary amides is 1. The van der Waals surface area contributed by atoms with E-state index in [1.807, 2.05) is 32.9 Å². The first-order chi connectivity index (χ1) is 8.90. The summed E-state index contributed by atoms with van der Waals surface area (Å²) in [5.41, 5.74) is 7.01. The Morgan fingerprint density at radius 1 is 1.26 bits per heavy atom. The van der Waals surface area contributed by atoms with E-state index < -0.39 is 11.9 Å². The predicted octanol–water partition coefficient (Wildman–Crippen LogP) is 2.06. The molecule has 1 aromatic rings. The normalized spacial score (nSPS) is 11.5. The smallest absolute Gasteiger partial charge is 0.338 e. The van der Waals surface area contributed by atoms with E-state index in [2.05, 4.69) is 0 Å². The van der Waals surface area contributed by atoms with E-state index >= 15 is 0 Å². The summed E-state index contributed by atoms with van der Waals surface area (Å²) in [6.07, 6.45) is 1.10. The van der Waals surface area contributed by atoms with Gasteiger partial charge >= 0.3 is 5.97 Å². The Balaban J connectivity index is 2.99. The molecule has 0 aliphatic carbocycles. The second kappa shape index (κ2) is 6.73. The first kappa shape index (κ1) is 15.0. The molecule has 0 atom stereocenters. The van der Waals surface area contributed by atoms with Gasteiger partial charge in [0.05, 0.1) is 12.2 Å². The van der Waals surface area contributed by atoms with Crippen molar-refractivity contribution in [1.29, 1.82) is 0 Å². The van der Waals surface area contributed by atoms with Crippen LogP contribution in [-0.4, -0.2) is 18.5 Å². The van der Waals surface area contributed by atoms with Gasteiger partial charge < -0.3 is 10.5 Å². The minimum atomic E-state index is -0.669. The number of nitrogens with two attached hydrogens (primary N) is 1. The van der Waals surface area contributed by atoms with E-state index in [-0.39, 0.29) is 11.5 Å². The van der Waals surface area contributed by atoms with E-state index in [0.29, 0.717) is 12.2 Å². The molecule has 19 heavy (non-hydrogen) atoms. The van der Waals surface area contributed by atoms with Crippen LogP contribution in [0.4, 0.5) is 0 Å². The monoisotopic (exact) mass is 261 g/mol. The lowest BCUT2D eigenvalue weighted by molar-refractivity contribution is -0.137. The maximum atomic E-state index is 12.0. The third kappa shape index (κ3) is 4.95. The Kier molecular flexibility index (Phi) is 5.30. The fourth-order valence-electron chi connectivity index (χ4n) is 1.46. The van der Waals surface area contributed by atoms with Crippen LogP contribution in [0.2, 0.25) is 0 Å². The summed E-state index contributed by atoms with van der Waals surface area (Å²) in [5.74, 6) is -0.967. The molecule has 0 aromatic heterocycles. The van der Waals surface area contributed by atoms with Gasteiger partial charge in [0.1, 0.15) is 0 Å². The zero-order valence-electron chi connectivity index (χ0n) is 11.5. The fourth-order valence-corrected chi connectivity index (χ4v) is 1.46. The molecular formula is C15H19NO3. The minimum absolute atomic E-state index is 0.188. The van der Waals surface area contributed by atoms with Crippen LogP contribution in [0.15, 0.2) is 30.3 Å². The molecule has 0 heterocycles. The molecule has 0 fully saturated rings. The lowest BCUT2D eigenvalue weighted by Crippen LogP contribution is -2.15. The van der Waals surface area contributed by atoms with Gasteiger partial charge in [0.15, 0.2) is 0 Å². The summed E-state index contributed by atoms with van der Waals surface area (Å²) >= 11 is 0. The third-order valence-corrected chi connectivity index (χ3v) is 2.42. The van der Waals surface area contributed by atoms with Crippen molar-refractivity contribution in [2.24, 2.45) is 11.7 Å². The molecule has 2 N–H and O–H groups in total. The molecule has 4 heteroatoms. The van der Waals surface area contributed by atoms with Crippen LogP contribution >= 0.6 is 0 Å². The van der Waals surface area contributed by atoms with E-state index in [1.165, 1.54) is 0 Å². The number of ether oxygens (including phenoxy) is 1. The molecule has 0 radical (unpaired) electrons. The summed E-state index contributed by atoms with van der Waals surface area (Å²) in [6, 6.07) is 7.25. The zero-order chi connectivity index (χ0) is 14.4. The second-order valence-electron chi connectivity index (χ2n) is 4.82. The molecule has 4 nitrogen and oxygen atoms in total. The van der Waals surface area contributed by atoms with Gasteiger partial charge in [-0.2, -0.15) is 0 Å². The molecule has 0 unspecified atom stereocenters. The van der Waals surface area contributed by atoms with Crippen LogP contribution in [0.25, 0.3) is 5.57 Å². The van der Waals surface area contributed by atoms with E-state index in [9.17, 15) is 9.59 Å². The quantitative estimate of drug-likeness (QED) is 0.651. The number of esters is 1. The number of carbonyl (C=O) groups is 2. The number of hydrogen-bond donors (Lipinski definition) is 1. The Hall–Kier alpha value is -2.10. The highest BCUT2D eigenvalue weighted by molar-refractivity contribution is 6.20. The van der Waals surface area contributed by atoms with Gasteiger partial charge in [-0.1, -0.05) is 43.7 Å². The highest BCUT2D eigenvalue weighted by Crippen LogP contribution is 2.17. The highest BCUT2D eigenvalue weighted by atomic mass is 16.5. The summed E-state index contributed by atoms with van der Waals surface area (Å²) in [4.78, 5) is 23.0. The van der Waals surface area contributed by atoms with Crippen molar-refractivity contribution in [3.63, 3.8) is 0 Å². The van der Waals surface area contributed by atoms with E-state index in [0.717, 1.165) is 11.6 Å². The molecule has 0 aliphatic rings. The van der Waals surface area contributed by atoms with Crippen LogP contribution in [0, 0.1) is 12.8 Å². The van der Waals surface area contributed by atoms with Gasteiger partial charge in [-0.3, -0.25) is 4.79 Å². The van der Waals surface area contributed by atoms with Crippen LogP contribution in [-0.2, 0) is 14.3 Å². The summed E-state index contributed by atoms with van der Waals surface area (Å²) < 4.78 is 5.14. The maximum absolute atomic E-state index is 12.0. The Morgan fingerprint density at radius 3 is 2.32 bits per heavy atom. The zero-order valence-corrected chi connectivity index (χ0v) is 11.5. The fraction of sp³-hybridized carbons (Fsp3) is 0.333. The van der Waals surface area contributed by atoms with Gasteiger partial charge in [-0.05, 0) is 18.4 Å². The van der Waals surface area contributed by atoms with Gasteiger partial charge in [0.25, 0.3) is 0 Å². The molecule has 102 valence electrons. The number of carbonyl (C=O) groups excluding carboxylic acids is 2. The first-order valence-electron chi connectivity index (χ1n) is 6.15. The number of hydrogen-bond acceptors (Lipinski definition) is 3. The van der Waals surface area contributed by atoms with Crippen LogP contribution < -0.4 is 5.73 Å². The standard InChI is InChI=1S/C15H19NO3/c1-10(2)9-19-15(18)13(8-14(16)17)12-6-4-11(3)5-7-12/h4-8,10H,9H2,1-3H3,(H2,16,17). The van der Waals surface area contributed by atoms with Crippen LogP contribution in [0.1, 0.15) is 25.0 Å². The number of amides is 1. The van der Waals surface area contributed by atoms with Crippen molar-refractivity contribution in [2.45, 2.75) is 20.8 Å². The van der Waals surface area contributed by atoms with Crippen molar-refractivity contribution in [3.8, 4) is 0 Å². The summed E-state index contributed by atoms with van der Waals surface area (Å²) in [7, 11) is 0. The molecule has 1 amide bonds. The summed E-state index contributed by atoms with van der Waals surface area (Å²) in [5, 5.41) is 0. The lowest BCUT2D eigenvalue weighted by Gasteiger charge is -2.10. The van der Waals surface area contributed by atoms with Gasteiger partial charge in [-0.15, -0.1) is 0 Å². The van der Waals surface area contributed by atoms with Crippen LogP contribution in [0.5, 0.6) is 0 Å². The minimum Gasteiger partial charge on any atom is -0.462 e. The van der Waals surface area contributed by atoms with Crippen molar-refractivity contribution in [3.05, 3.63) is 41.5 Å². The first-order valence-corrected chi connectivity index (χ1v) is 6.15. The van der Waals surface area contributed by atoms with Gasteiger partial charge in [0.2, 0.25) is 5.91 Å². The lowest BCUT2D eigenvalue weighted by atomic mass is 10.0. The Bertz CT molecular complexity index is 487. The average Bonchev–Trinajstić information content (AvgIpc) is 2.34. The summed E-state index contributed by atoms with van der Waals surface area (Å²) in [6.45, 7) is 6.13. The van der Waals surface area contributed by atoms with E-state index in [1.54, 1.807) is 12.1 Å². The molecule has 1 rings (SSSR count). The molecule has 0 aliphatic heterocycles. The topological polar surface area (TPSA) is 69.4 Å². The molecule has 0 bridgehead atoms. The van der Waals surface area contributed by atoms with Crippen LogP contribution in [0.3, 0.4) is 0 Å². The van der Waals surface area contributed by atoms with Crippen molar-refractivity contribution >= 4 is 17.4 Å². The predicted molar refractivity (Wildman–Crippen MR) is 74.1 cm³/mol. The van der Waals surface area contributed by atoms with Gasteiger partial charge in [-0.25, -0.2) is 4.79 Å². The Labute approximate surface area is 113 Å². The van der Waals surface area contributed by atoms with Gasteiger partial charge in [0, 0.05) is 6.08 Å². The molecule has 0 saturated heterocycles. The second-order valence-corrected chi connectivity index (χ2v) is 4.82. The molecule has 0 saturated carbocycles. The highest BCUT2D eigenvalue weighted by Gasteiger charge is 2.15. The number of aryl methyl sites for hydroxylation is 1. The largest absolute Gasteiger partial charge is 0.462 e. The van der Waals surface area contributed by atoms with Crippen molar-refractivity contribution in [1.82, 2.24) is 0 Å².